The lowest BCUT2D eigenvalue weighted by Crippen LogP contribution is -2.62. The number of nitrogens with one attached hydrogen (secondary N) is 3. The van der Waals surface area contributed by atoms with E-state index < -0.39 is 48.2 Å². The Kier molecular flexibility index (Phi) is 7.11. The minimum absolute atomic E-state index is 0.0143. The summed E-state index contributed by atoms with van der Waals surface area (Å²) in [6.07, 6.45) is 5.68. The molecule has 3 aliphatic rings. The molecule has 2 heterocycles. The largest absolute Gasteiger partial charge is 0.370 e. The Bertz CT molecular complexity index is 1310. The number of nitrogens with zero attached hydrogens (tertiary/aromatic N) is 1. The van der Waals surface area contributed by atoms with Crippen LogP contribution in [-0.2, 0) is 29.6 Å². The summed E-state index contributed by atoms with van der Waals surface area (Å²) in [6, 6.07) is 1.50. The molecule has 5 N–H and O–H groups in total. The molecular formula is C19H24ClN5O7S2. The predicted octanol–water partition coefficient (Wildman–Crippen LogP) is 0.850. The molecule has 0 radical (unpaired) electrons. The summed E-state index contributed by atoms with van der Waals surface area (Å²) in [4.78, 5) is 35.8. The van der Waals surface area contributed by atoms with E-state index >= 15 is 0 Å². The number of sulfonamides is 2. The quantitative estimate of drug-likeness (QED) is 0.318. The van der Waals surface area contributed by atoms with Crippen LogP contribution in [0.1, 0.15) is 32.6 Å². The van der Waals surface area contributed by atoms with Crippen molar-refractivity contribution in [3.8, 4) is 0 Å². The van der Waals surface area contributed by atoms with Gasteiger partial charge in [-0.1, -0.05) is 17.7 Å². The van der Waals surface area contributed by atoms with E-state index in [4.69, 9.17) is 16.7 Å². The number of primary sulfonamides is 1. The van der Waals surface area contributed by atoms with E-state index in [-0.39, 0.29) is 22.3 Å². The first kappa shape index (κ1) is 26.1. The third kappa shape index (κ3) is 4.81. The van der Waals surface area contributed by atoms with E-state index in [0.29, 0.717) is 0 Å². The van der Waals surface area contributed by atoms with Gasteiger partial charge in [-0.25, -0.2) is 26.8 Å². The minimum atomic E-state index is -4.07. The molecular weight excluding hydrogens is 510 g/mol. The Hall–Kier alpha value is -2.52. The SMILES string of the molecule is CN1C(=O)NC(=O)C(C)(C2=CCCCC2)C1=O.NS(=O)(=O)c1cc2c(cc1Cl)NCNS2(=O)=O. The molecule has 1 aliphatic carbocycles. The van der Waals surface area contributed by atoms with Gasteiger partial charge in [-0.2, -0.15) is 4.72 Å². The maximum atomic E-state index is 12.2. The molecule has 12 nitrogen and oxygen atoms in total. The monoisotopic (exact) mass is 533 g/mol. The van der Waals surface area contributed by atoms with Crippen molar-refractivity contribution in [1.29, 1.82) is 0 Å². The standard InChI is InChI=1S/C12H16N2O3.C7H8ClN3O4S2/c1-12(8-6-4-3-5-7-8)9(15)13-11(17)14(2)10(12)16;8-4-1-5-7(2-6(4)16(9,12)13)17(14,15)11-3-10-5/h6H,3-5,7H2,1-2H3,(H,13,15,17);1-2,10-11H,3H2,(H2,9,12,13). The Morgan fingerprint density at radius 3 is 2.44 bits per heavy atom. The number of rotatable bonds is 2. The highest BCUT2D eigenvalue weighted by Gasteiger charge is 2.51. The average Bonchev–Trinajstić information content (AvgIpc) is 2.76. The fraction of sp³-hybridized carbons (Fsp3) is 0.421. The Morgan fingerprint density at radius 1 is 1.18 bits per heavy atom. The van der Waals surface area contributed by atoms with Crippen molar-refractivity contribution in [2.75, 3.05) is 19.0 Å². The van der Waals surface area contributed by atoms with Gasteiger partial charge < -0.3 is 5.32 Å². The summed E-state index contributed by atoms with van der Waals surface area (Å²) in [5, 5.41) is 9.76. The number of imide groups is 2. The Balaban J connectivity index is 0.000000191. The fourth-order valence-electron chi connectivity index (χ4n) is 3.82. The van der Waals surface area contributed by atoms with Crippen LogP contribution < -0.4 is 20.5 Å². The van der Waals surface area contributed by atoms with Gasteiger partial charge in [0.1, 0.15) is 15.2 Å². The van der Waals surface area contributed by atoms with Crippen molar-refractivity contribution in [3.05, 3.63) is 28.8 Å². The van der Waals surface area contributed by atoms with E-state index in [0.717, 1.165) is 42.2 Å². The van der Waals surface area contributed by atoms with Crippen molar-refractivity contribution in [3.63, 3.8) is 0 Å². The highest BCUT2D eigenvalue weighted by atomic mass is 35.5. The molecule has 0 bridgehead atoms. The van der Waals surface area contributed by atoms with Crippen molar-refractivity contribution in [2.24, 2.45) is 10.6 Å². The van der Waals surface area contributed by atoms with Gasteiger partial charge in [-0.15, -0.1) is 0 Å². The molecule has 0 saturated carbocycles. The molecule has 34 heavy (non-hydrogen) atoms. The second kappa shape index (κ2) is 9.26. The Morgan fingerprint density at radius 2 is 1.85 bits per heavy atom. The molecule has 15 heteroatoms. The van der Waals surface area contributed by atoms with Gasteiger partial charge >= 0.3 is 6.03 Å². The normalized spacial score (nSPS) is 24.2. The second-order valence-corrected chi connectivity index (χ2v) is 11.7. The summed E-state index contributed by atoms with van der Waals surface area (Å²) in [5.74, 6) is -0.932. The molecule has 186 valence electrons. The van der Waals surface area contributed by atoms with Crippen LogP contribution in [0.5, 0.6) is 0 Å². The van der Waals surface area contributed by atoms with Crippen LogP contribution in [0.25, 0.3) is 0 Å². The minimum Gasteiger partial charge on any atom is -0.370 e. The molecule has 0 spiro atoms. The third-order valence-corrected chi connectivity index (χ3v) is 8.63. The first-order valence-corrected chi connectivity index (χ1v) is 13.5. The lowest BCUT2D eigenvalue weighted by atomic mass is 9.74. The number of hydrogen-bond acceptors (Lipinski definition) is 8. The number of nitrogens with two attached hydrogens (primary N) is 1. The smallest absolute Gasteiger partial charge is 0.330 e. The van der Waals surface area contributed by atoms with Gasteiger partial charge in [0.05, 0.1) is 17.4 Å². The van der Waals surface area contributed by atoms with Crippen LogP contribution in [-0.4, -0.2) is 53.3 Å². The van der Waals surface area contributed by atoms with Gasteiger partial charge in [0.15, 0.2) is 0 Å². The molecule has 1 unspecified atom stereocenters. The van der Waals surface area contributed by atoms with Gasteiger partial charge in [-0.05, 0) is 50.3 Å². The summed E-state index contributed by atoms with van der Waals surface area (Å²) >= 11 is 5.72. The van der Waals surface area contributed by atoms with E-state index in [2.05, 4.69) is 15.4 Å². The molecule has 1 fully saturated rings. The number of barbiturate groups is 1. The van der Waals surface area contributed by atoms with E-state index in [9.17, 15) is 31.2 Å². The van der Waals surface area contributed by atoms with Crippen LogP contribution in [0.3, 0.4) is 0 Å². The zero-order chi connectivity index (χ0) is 25.5. The zero-order valence-electron chi connectivity index (χ0n) is 18.3. The second-order valence-electron chi connectivity index (χ2n) is 8.05. The van der Waals surface area contributed by atoms with Gasteiger partial charge in [0, 0.05) is 7.05 Å². The summed E-state index contributed by atoms with van der Waals surface area (Å²) in [6.45, 7) is 1.62. The maximum Gasteiger partial charge on any atom is 0.330 e. The molecule has 1 aromatic rings. The first-order valence-electron chi connectivity index (χ1n) is 10.1. The number of amides is 4. The number of allylic oxidation sites excluding steroid dienone is 1. The number of anilines is 1. The van der Waals surface area contributed by atoms with Crippen molar-refractivity contribution < 1.29 is 31.2 Å². The van der Waals surface area contributed by atoms with Crippen LogP contribution in [0.15, 0.2) is 33.6 Å². The molecule has 1 aromatic carbocycles. The van der Waals surface area contributed by atoms with E-state index in [1.165, 1.54) is 13.1 Å². The van der Waals surface area contributed by atoms with E-state index in [1.807, 2.05) is 6.08 Å². The number of halogens is 1. The van der Waals surface area contributed by atoms with Crippen LogP contribution in [0.2, 0.25) is 5.02 Å². The maximum absolute atomic E-state index is 12.2. The fourth-order valence-corrected chi connectivity index (χ4v) is 6.11. The number of urea groups is 1. The number of fused-ring (bicyclic) bond motifs is 1. The molecule has 1 atom stereocenters. The lowest BCUT2D eigenvalue weighted by Gasteiger charge is -2.37. The number of carbonyl (C=O) groups is 3. The van der Waals surface area contributed by atoms with Crippen molar-refractivity contribution in [2.45, 2.75) is 42.4 Å². The summed E-state index contributed by atoms with van der Waals surface area (Å²) in [7, 11) is -6.41. The lowest BCUT2D eigenvalue weighted by molar-refractivity contribution is -0.146. The summed E-state index contributed by atoms with van der Waals surface area (Å²) < 4.78 is 47.9. The van der Waals surface area contributed by atoms with Gasteiger partial charge in [0.2, 0.25) is 31.9 Å². The molecule has 4 rings (SSSR count). The average molecular weight is 534 g/mol. The predicted molar refractivity (Wildman–Crippen MR) is 123 cm³/mol. The molecule has 1 saturated heterocycles. The number of carbonyl (C=O) groups excluding carboxylic acids is 3. The van der Waals surface area contributed by atoms with Crippen LogP contribution >= 0.6 is 11.6 Å². The van der Waals surface area contributed by atoms with Crippen LogP contribution in [0.4, 0.5) is 10.5 Å². The number of hydrogen-bond donors (Lipinski definition) is 4. The zero-order valence-corrected chi connectivity index (χ0v) is 20.7. The topological polar surface area (TPSA) is 185 Å². The highest BCUT2D eigenvalue weighted by Crippen LogP contribution is 2.37. The van der Waals surface area contributed by atoms with Crippen LogP contribution in [0, 0.1) is 5.41 Å². The number of benzene rings is 1. The highest BCUT2D eigenvalue weighted by molar-refractivity contribution is 7.90. The molecule has 2 aliphatic heterocycles. The summed E-state index contributed by atoms with van der Waals surface area (Å²) in [5.41, 5.74) is -0.130. The van der Waals surface area contributed by atoms with Crippen molar-refractivity contribution in [1.82, 2.24) is 14.9 Å². The Labute approximate surface area is 202 Å². The third-order valence-electron chi connectivity index (χ3n) is 5.82. The van der Waals surface area contributed by atoms with Gasteiger partial charge in [-0.3, -0.25) is 19.8 Å². The van der Waals surface area contributed by atoms with Gasteiger partial charge in [0.25, 0.3) is 0 Å². The molecule has 4 amide bonds. The first-order chi connectivity index (χ1) is 15.7. The van der Waals surface area contributed by atoms with Crippen molar-refractivity contribution >= 4 is 55.2 Å². The van der Waals surface area contributed by atoms with E-state index in [1.54, 1.807) is 6.92 Å². The molecule has 0 aromatic heterocycles.